The molecule has 3 aromatic rings. The second-order valence-electron chi connectivity index (χ2n) is 8.26. The molecule has 1 atom stereocenters. The van der Waals surface area contributed by atoms with Crippen LogP contribution >= 0.6 is 0 Å². The van der Waals surface area contributed by atoms with Crippen LogP contribution in [0.4, 0.5) is 5.95 Å². The Kier molecular flexibility index (Phi) is 6.85. The van der Waals surface area contributed by atoms with E-state index in [4.69, 9.17) is 14.5 Å². The maximum atomic E-state index is 5.67. The largest absolute Gasteiger partial charge is 0.497 e. The molecule has 2 aromatic heterocycles. The lowest BCUT2D eigenvalue weighted by atomic mass is 9.93. The van der Waals surface area contributed by atoms with E-state index in [1.807, 2.05) is 61.9 Å². The van der Waals surface area contributed by atoms with Gasteiger partial charge in [0, 0.05) is 56.4 Å². The molecule has 1 saturated heterocycles. The number of hydrogen-bond acceptors (Lipinski definition) is 7. The number of hydrogen-bond donors (Lipinski definition) is 0. The van der Waals surface area contributed by atoms with E-state index in [2.05, 4.69) is 20.9 Å². The highest BCUT2D eigenvalue weighted by molar-refractivity contribution is 5.66. The highest BCUT2D eigenvalue weighted by Crippen LogP contribution is 2.38. The predicted octanol–water partition coefficient (Wildman–Crippen LogP) is 4.35. The summed E-state index contributed by atoms with van der Waals surface area (Å²) in [6.07, 6.45) is 9.00. The van der Waals surface area contributed by atoms with Gasteiger partial charge in [0.15, 0.2) is 0 Å². The van der Waals surface area contributed by atoms with Crippen molar-refractivity contribution in [3.05, 3.63) is 60.2 Å². The van der Waals surface area contributed by atoms with E-state index in [1.54, 1.807) is 14.2 Å². The number of benzene rings is 1. The number of anilines is 1. The third-order valence-electron chi connectivity index (χ3n) is 5.99. The summed E-state index contributed by atoms with van der Waals surface area (Å²) in [6, 6.07) is 10.3. The Morgan fingerprint density at radius 2 is 1.88 bits per heavy atom. The van der Waals surface area contributed by atoms with Gasteiger partial charge in [-0.2, -0.15) is 0 Å². The fourth-order valence-electron chi connectivity index (χ4n) is 4.30. The zero-order valence-corrected chi connectivity index (χ0v) is 19.3. The molecule has 7 heteroatoms. The van der Waals surface area contributed by atoms with Crippen molar-refractivity contribution in [2.75, 3.05) is 39.8 Å². The summed E-state index contributed by atoms with van der Waals surface area (Å²) in [6.45, 7) is 1.80. The molecule has 1 aliphatic heterocycles. The zero-order chi connectivity index (χ0) is 22.5. The highest BCUT2D eigenvalue weighted by Gasteiger charge is 2.29. The van der Waals surface area contributed by atoms with Gasteiger partial charge in [-0.05, 0) is 43.1 Å². The van der Waals surface area contributed by atoms with Gasteiger partial charge in [-0.15, -0.1) is 0 Å². The van der Waals surface area contributed by atoms with Gasteiger partial charge in [-0.1, -0.05) is 12.5 Å². The normalized spacial score (nSPS) is 16.6. The summed E-state index contributed by atoms with van der Waals surface area (Å²) < 4.78 is 11.0. The van der Waals surface area contributed by atoms with Crippen LogP contribution in [-0.4, -0.2) is 54.7 Å². The van der Waals surface area contributed by atoms with Gasteiger partial charge in [0.25, 0.3) is 0 Å². The van der Waals surface area contributed by atoms with Crippen LogP contribution < -0.4 is 14.4 Å². The molecule has 168 valence electrons. The van der Waals surface area contributed by atoms with E-state index in [0.29, 0.717) is 0 Å². The maximum absolute atomic E-state index is 5.67. The number of aromatic nitrogens is 3. The summed E-state index contributed by atoms with van der Waals surface area (Å²) in [5.74, 6) is 2.37. The van der Waals surface area contributed by atoms with Gasteiger partial charge < -0.3 is 14.4 Å². The van der Waals surface area contributed by atoms with Crippen LogP contribution in [0, 0.1) is 0 Å². The smallest absolute Gasteiger partial charge is 0.225 e. The molecule has 0 bridgehead atoms. The Hall–Kier alpha value is -3.19. The van der Waals surface area contributed by atoms with Crippen molar-refractivity contribution in [3.8, 4) is 22.6 Å². The first-order valence-electron chi connectivity index (χ1n) is 11.0. The first-order valence-corrected chi connectivity index (χ1v) is 11.0. The third-order valence-corrected chi connectivity index (χ3v) is 5.99. The van der Waals surface area contributed by atoms with Gasteiger partial charge in [0.2, 0.25) is 5.95 Å². The van der Waals surface area contributed by atoms with Crippen molar-refractivity contribution in [2.45, 2.75) is 31.8 Å². The number of piperidine rings is 1. The molecule has 0 spiro atoms. The van der Waals surface area contributed by atoms with E-state index in [1.165, 1.54) is 12.8 Å². The lowest BCUT2D eigenvalue weighted by molar-refractivity contribution is 0.136. The average molecular weight is 434 g/mol. The molecular weight excluding hydrogens is 402 g/mol. The Labute approximate surface area is 190 Å². The SMILES string of the molecule is COc1ccc(CN2CCCCC2c2nc(N(C)C)ncc2-c2ccncc2)c(OC)c1. The van der Waals surface area contributed by atoms with Crippen LogP contribution in [0.2, 0.25) is 0 Å². The van der Waals surface area contributed by atoms with Crippen LogP contribution in [0.15, 0.2) is 48.9 Å². The summed E-state index contributed by atoms with van der Waals surface area (Å²) in [5, 5.41) is 0. The van der Waals surface area contributed by atoms with E-state index in [9.17, 15) is 0 Å². The lowest BCUT2D eigenvalue weighted by Gasteiger charge is -2.36. The molecule has 0 N–H and O–H groups in total. The Morgan fingerprint density at radius 3 is 2.59 bits per heavy atom. The Morgan fingerprint density at radius 1 is 1.06 bits per heavy atom. The minimum absolute atomic E-state index is 0.195. The molecule has 32 heavy (non-hydrogen) atoms. The second kappa shape index (κ2) is 9.96. The fourth-order valence-corrected chi connectivity index (χ4v) is 4.30. The van der Waals surface area contributed by atoms with E-state index >= 15 is 0 Å². The topological polar surface area (TPSA) is 63.6 Å². The molecule has 3 heterocycles. The molecule has 0 saturated carbocycles. The first kappa shape index (κ1) is 22.0. The summed E-state index contributed by atoms with van der Waals surface area (Å²) in [5.41, 5.74) is 4.37. The lowest BCUT2D eigenvalue weighted by Crippen LogP contribution is -2.34. The van der Waals surface area contributed by atoms with E-state index in [0.717, 1.165) is 59.3 Å². The maximum Gasteiger partial charge on any atom is 0.225 e. The summed E-state index contributed by atoms with van der Waals surface area (Å²) >= 11 is 0. The van der Waals surface area contributed by atoms with Crippen LogP contribution in [0.1, 0.15) is 36.6 Å². The summed E-state index contributed by atoms with van der Waals surface area (Å²) in [4.78, 5) is 18.3. The standard InChI is InChI=1S/C25H31N5O2/c1-29(2)25-27-16-21(18-10-12-26-13-11-18)24(28-25)22-7-5-6-14-30(22)17-19-8-9-20(31-3)15-23(19)32-4/h8-13,15-16,22H,5-7,14,17H2,1-4H3. The fraction of sp³-hybridized carbons (Fsp3) is 0.400. The van der Waals surface area contributed by atoms with Crippen LogP contribution in [-0.2, 0) is 6.54 Å². The quantitative estimate of drug-likeness (QED) is 0.549. The minimum Gasteiger partial charge on any atom is -0.497 e. The molecular formula is C25H31N5O2. The molecule has 0 amide bonds. The second-order valence-corrected chi connectivity index (χ2v) is 8.26. The monoisotopic (exact) mass is 433 g/mol. The molecule has 7 nitrogen and oxygen atoms in total. The summed E-state index contributed by atoms with van der Waals surface area (Å²) in [7, 11) is 7.34. The van der Waals surface area contributed by atoms with Crippen molar-refractivity contribution in [3.63, 3.8) is 0 Å². The van der Waals surface area contributed by atoms with Crippen LogP contribution in [0.5, 0.6) is 11.5 Å². The molecule has 0 aliphatic carbocycles. The van der Waals surface area contributed by atoms with Gasteiger partial charge in [0.1, 0.15) is 11.5 Å². The third kappa shape index (κ3) is 4.67. The van der Waals surface area contributed by atoms with Crippen molar-refractivity contribution >= 4 is 5.95 Å². The number of nitrogens with zero attached hydrogens (tertiary/aromatic N) is 5. The van der Waals surface area contributed by atoms with Crippen molar-refractivity contribution < 1.29 is 9.47 Å². The molecule has 1 aliphatic rings. The Balaban J connectivity index is 1.73. The molecule has 1 unspecified atom stereocenters. The highest BCUT2D eigenvalue weighted by atomic mass is 16.5. The number of methoxy groups -OCH3 is 2. The molecule has 1 aromatic carbocycles. The minimum atomic E-state index is 0.195. The van der Waals surface area contributed by atoms with Crippen molar-refractivity contribution in [1.82, 2.24) is 19.9 Å². The molecule has 1 fully saturated rings. The number of ether oxygens (including phenoxy) is 2. The predicted molar refractivity (Wildman–Crippen MR) is 126 cm³/mol. The number of rotatable bonds is 7. The van der Waals surface area contributed by atoms with Crippen molar-refractivity contribution in [2.24, 2.45) is 0 Å². The van der Waals surface area contributed by atoms with Crippen molar-refractivity contribution in [1.29, 1.82) is 0 Å². The van der Waals surface area contributed by atoms with Gasteiger partial charge >= 0.3 is 0 Å². The van der Waals surface area contributed by atoms with E-state index in [-0.39, 0.29) is 6.04 Å². The van der Waals surface area contributed by atoms with Gasteiger partial charge in [-0.25, -0.2) is 9.97 Å². The number of pyridine rings is 1. The van der Waals surface area contributed by atoms with Crippen LogP contribution in [0.3, 0.4) is 0 Å². The first-order chi connectivity index (χ1) is 15.6. The van der Waals surface area contributed by atoms with E-state index < -0.39 is 0 Å². The van der Waals surface area contributed by atoms with Gasteiger partial charge in [-0.3, -0.25) is 9.88 Å². The zero-order valence-electron chi connectivity index (χ0n) is 19.3. The van der Waals surface area contributed by atoms with Gasteiger partial charge in [0.05, 0.1) is 26.0 Å². The average Bonchev–Trinajstić information content (AvgIpc) is 2.84. The molecule has 4 rings (SSSR count). The number of likely N-dealkylation sites (tertiary alicyclic amines) is 1. The molecule has 0 radical (unpaired) electrons. The van der Waals surface area contributed by atoms with Crippen LogP contribution in [0.25, 0.3) is 11.1 Å². The Bertz CT molecular complexity index is 1040.